The van der Waals surface area contributed by atoms with Crippen LogP contribution in [0.25, 0.3) is 10.9 Å². The van der Waals surface area contributed by atoms with Gasteiger partial charge in [-0.15, -0.1) is 0 Å². The van der Waals surface area contributed by atoms with Crippen molar-refractivity contribution in [2.45, 2.75) is 86.6 Å². The third-order valence-corrected chi connectivity index (χ3v) is 5.55. The van der Waals surface area contributed by atoms with E-state index in [1.807, 2.05) is 47.6 Å². The largest absolute Gasteiger partial charge is 0.381 e. The predicted molar refractivity (Wildman–Crippen MR) is 135 cm³/mol. The smallest absolute Gasteiger partial charge is 0.160 e. The van der Waals surface area contributed by atoms with Crippen LogP contribution >= 0.6 is 0 Å². The van der Waals surface area contributed by atoms with Gasteiger partial charge in [0.2, 0.25) is 0 Å². The zero-order valence-electron chi connectivity index (χ0n) is 20.8. The molecule has 4 nitrogen and oxygen atoms in total. The van der Waals surface area contributed by atoms with Crippen molar-refractivity contribution < 1.29 is 4.79 Å². The molecule has 1 aromatic heterocycles. The number of aromatic nitrogens is 2. The van der Waals surface area contributed by atoms with E-state index in [2.05, 4.69) is 59.7 Å². The molecule has 0 saturated carbocycles. The van der Waals surface area contributed by atoms with E-state index in [4.69, 9.17) is 0 Å². The number of carbonyl (C=O) groups is 1. The number of aromatic amines is 1. The van der Waals surface area contributed by atoms with Crippen molar-refractivity contribution >= 4 is 22.4 Å². The average Bonchev–Trinajstić information content (AvgIpc) is 3.45. The molecule has 0 amide bonds. The maximum atomic E-state index is 12.3. The van der Waals surface area contributed by atoms with Crippen LogP contribution in [0.4, 0.5) is 5.69 Å². The summed E-state index contributed by atoms with van der Waals surface area (Å²) >= 11 is 0. The Balaban J connectivity index is 0.000000739. The van der Waals surface area contributed by atoms with Gasteiger partial charge in [-0.25, -0.2) is 0 Å². The molecule has 0 spiro atoms. The summed E-state index contributed by atoms with van der Waals surface area (Å²) < 4.78 is 0. The van der Waals surface area contributed by atoms with E-state index < -0.39 is 0 Å². The van der Waals surface area contributed by atoms with Gasteiger partial charge in [0, 0.05) is 28.6 Å². The molecule has 1 aliphatic heterocycles. The molecular weight excluding hydrogens is 382 g/mol. The lowest BCUT2D eigenvalue weighted by molar-refractivity contribution is 0.101. The van der Waals surface area contributed by atoms with Gasteiger partial charge in [0.15, 0.2) is 5.78 Å². The second-order valence-corrected chi connectivity index (χ2v) is 7.01. The number of nitrogens with zero attached hydrogens (tertiary/aromatic N) is 1. The summed E-state index contributed by atoms with van der Waals surface area (Å²) in [6.07, 6.45) is 2.82. The lowest BCUT2D eigenvalue weighted by Gasteiger charge is -2.27. The van der Waals surface area contributed by atoms with Crippen LogP contribution in [0.2, 0.25) is 0 Å². The minimum atomic E-state index is 0.109. The number of para-hydroxylation sites is 1. The Kier molecular flexibility index (Phi) is 11.0. The molecule has 2 heterocycles. The molecule has 0 radical (unpaired) electrons. The van der Waals surface area contributed by atoms with Crippen molar-refractivity contribution in [2.24, 2.45) is 0 Å². The minimum Gasteiger partial charge on any atom is -0.381 e. The van der Waals surface area contributed by atoms with E-state index in [0.29, 0.717) is 12.0 Å². The van der Waals surface area contributed by atoms with Gasteiger partial charge < -0.3 is 5.32 Å². The highest BCUT2D eigenvalue weighted by Crippen LogP contribution is 2.46. The van der Waals surface area contributed by atoms with Gasteiger partial charge in [-0.3, -0.25) is 9.89 Å². The van der Waals surface area contributed by atoms with Gasteiger partial charge in [-0.05, 0) is 48.6 Å². The second-order valence-electron chi connectivity index (χ2n) is 7.01. The van der Waals surface area contributed by atoms with Crippen LogP contribution in [-0.4, -0.2) is 22.0 Å². The topological polar surface area (TPSA) is 57.8 Å². The fourth-order valence-corrected chi connectivity index (χ4v) is 4.28. The van der Waals surface area contributed by atoms with Gasteiger partial charge in [0.05, 0.1) is 11.7 Å². The molecule has 4 heteroatoms. The van der Waals surface area contributed by atoms with Gasteiger partial charge >= 0.3 is 0 Å². The number of hydrogen-bond acceptors (Lipinski definition) is 3. The van der Waals surface area contributed by atoms with E-state index in [9.17, 15) is 4.79 Å². The maximum absolute atomic E-state index is 12.3. The quantitative estimate of drug-likeness (QED) is 0.419. The Labute approximate surface area is 188 Å². The van der Waals surface area contributed by atoms with E-state index in [0.717, 1.165) is 28.5 Å². The van der Waals surface area contributed by atoms with Crippen molar-refractivity contribution in [1.82, 2.24) is 10.2 Å². The van der Waals surface area contributed by atoms with E-state index in [1.165, 1.54) is 11.3 Å². The SMILES string of the molecule is CC.CC.CC.CCC1Nc2ccccc2C1C(C)c1cc2[nH]ncc2cc1C(C)=O. The van der Waals surface area contributed by atoms with E-state index >= 15 is 0 Å². The summed E-state index contributed by atoms with van der Waals surface area (Å²) in [5, 5.41) is 11.8. The summed E-state index contributed by atoms with van der Waals surface area (Å²) in [7, 11) is 0. The lowest BCUT2D eigenvalue weighted by atomic mass is 9.77. The number of Topliss-reactive ketones (excluding diaryl/α,β-unsaturated/α-hetero) is 1. The van der Waals surface area contributed by atoms with Gasteiger partial charge in [0.25, 0.3) is 0 Å². The molecule has 0 bridgehead atoms. The van der Waals surface area contributed by atoms with Crippen LogP contribution in [0.5, 0.6) is 0 Å². The number of H-pyrrole nitrogens is 1. The number of nitrogens with one attached hydrogen (secondary N) is 2. The molecule has 0 aliphatic carbocycles. The van der Waals surface area contributed by atoms with Crippen LogP contribution in [0.3, 0.4) is 0 Å². The maximum Gasteiger partial charge on any atom is 0.160 e. The molecular formula is C27H41N3O. The standard InChI is InChI=1S/C21H23N3O.3C2H6/c1-4-18-21(15-7-5-6-8-19(15)23-18)12(2)16-10-20-14(11-22-24-20)9-17(16)13(3)25;3*1-2/h5-12,18,21,23H,4H2,1-3H3,(H,22,24);3*1-2H3. The third-order valence-electron chi connectivity index (χ3n) is 5.55. The Bertz CT molecular complexity index is 945. The first-order valence-corrected chi connectivity index (χ1v) is 11.9. The Morgan fingerprint density at radius 1 is 1.06 bits per heavy atom. The van der Waals surface area contributed by atoms with Gasteiger partial charge in [-0.1, -0.05) is 73.6 Å². The molecule has 3 atom stereocenters. The van der Waals surface area contributed by atoms with Crippen molar-refractivity contribution in [1.29, 1.82) is 0 Å². The summed E-state index contributed by atoms with van der Waals surface area (Å²) in [6, 6.07) is 13.0. The number of hydrogen-bond donors (Lipinski definition) is 2. The van der Waals surface area contributed by atoms with Crippen LogP contribution in [0, 0.1) is 0 Å². The van der Waals surface area contributed by atoms with E-state index in [-0.39, 0.29) is 11.7 Å². The first kappa shape index (κ1) is 26.4. The third kappa shape index (κ3) is 5.55. The molecule has 170 valence electrons. The molecule has 1 aliphatic rings. The van der Waals surface area contributed by atoms with Crippen LogP contribution in [-0.2, 0) is 0 Å². The van der Waals surface area contributed by atoms with Crippen molar-refractivity contribution in [3.8, 4) is 0 Å². The predicted octanol–water partition coefficient (Wildman–Crippen LogP) is 7.94. The fraction of sp³-hybridized carbons (Fsp3) is 0.481. The molecule has 31 heavy (non-hydrogen) atoms. The van der Waals surface area contributed by atoms with Crippen molar-refractivity contribution in [3.05, 3.63) is 59.3 Å². The highest BCUT2D eigenvalue weighted by molar-refractivity contribution is 5.99. The molecule has 0 fully saturated rings. The zero-order valence-corrected chi connectivity index (χ0v) is 20.8. The van der Waals surface area contributed by atoms with Crippen LogP contribution < -0.4 is 5.32 Å². The van der Waals surface area contributed by atoms with Gasteiger partial charge in [-0.2, -0.15) is 5.10 Å². The number of benzene rings is 2. The van der Waals surface area contributed by atoms with Crippen molar-refractivity contribution in [3.63, 3.8) is 0 Å². The number of ketones is 1. The first-order valence-electron chi connectivity index (χ1n) is 11.9. The highest BCUT2D eigenvalue weighted by Gasteiger charge is 2.36. The minimum absolute atomic E-state index is 0.109. The monoisotopic (exact) mass is 423 g/mol. The lowest BCUT2D eigenvalue weighted by Crippen LogP contribution is -2.24. The normalized spacial score (nSPS) is 16.9. The molecule has 0 saturated heterocycles. The Hall–Kier alpha value is -2.62. The second kappa shape index (κ2) is 12.9. The summed E-state index contributed by atoms with van der Waals surface area (Å²) in [5.41, 5.74) is 5.46. The highest BCUT2D eigenvalue weighted by atomic mass is 16.1. The fourth-order valence-electron chi connectivity index (χ4n) is 4.28. The Morgan fingerprint density at radius 3 is 2.32 bits per heavy atom. The van der Waals surface area contributed by atoms with Crippen LogP contribution in [0.15, 0.2) is 42.6 Å². The molecule has 3 aromatic rings. The summed E-state index contributed by atoms with van der Waals surface area (Å²) in [4.78, 5) is 12.3. The Morgan fingerprint density at radius 2 is 1.71 bits per heavy atom. The number of anilines is 1. The molecule has 2 aromatic carbocycles. The molecule has 2 N–H and O–H groups in total. The van der Waals surface area contributed by atoms with Crippen LogP contribution in [0.1, 0.15) is 102 Å². The number of carbonyl (C=O) groups excluding carboxylic acids is 1. The van der Waals surface area contributed by atoms with Crippen molar-refractivity contribution in [2.75, 3.05) is 5.32 Å². The van der Waals surface area contributed by atoms with E-state index in [1.54, 1.807) is 13.1 Å². The van der Waals surface area contributed by atoms with Gasteiger partial charge in [0.1, 0.15) is 0 Å². The summed E-state index contributed by atoms with van der Waals surface area (Å²) in [6.45, 7) is 18.1. The average molecular weight is 424 g/mol. The number of fused-ring (bicyclic) bond motifs is 2. The molecule has 4 rings (SSSR count). The number of rotatable bonds is 4. The summed E-state index contributed by atoms with van der Waals surface area (Å²) in [5.74, 6) is 0.685. The zero-order chi connectivity index (χ0) is 23.6. The first-order chi connectivity index (χ1) is 15.1. The molecule has 3 unspecified atom stereocenters.